The van der Waals surface area contributed by atoms with E-state index in [1.54, 1.807) is 27.1 Å². The van der Waals surface area contributed by atoms with Gasteiger partial charge >= 0.3 is 0 Å². The maximum atomic E-state index is 12.1. The normalized spacial score (nSPS) is 11.6. The van der Waals surface area contributed by atoms with Crippen molar-refractivity contribution in [3.05, 3.63) is 52.0 Å². The molecule has 0 unspecified atom stereocenters. The third kappa shape index (κ3) is 5.02. The van der Waals surface area contributed by atoms with Gasteiger partial charge in [-0.15, -0.1) is 0 Å². The van der Waals surface area contributed by atoms with Crippen molar-refractivity contribution in [2.45, 2.75) is 33.1 Å². The van der Waals surface area contributed by atoms with E-state index in [4.69, 9.17) is 0 Å². The molecule has 0 atom stereocenters. The fourth-order valence-electron chi connectivity index (χ4n) is 2.26. The van der Waals surface area contributed by atoms with E-state index in [1.165, 1.54) is 27.9 Å². The van der Waals surface area contributed by atoms with Crippen LogP contribution in [0.25, 0.3) is 6.08 Å². The Hall–Kier alpha value is -2.47. The van der Waals surface area contributed by atoms with Crippen LogP contribution in [0.3, 0.4) is 0 Å². The molecule has 1 N–H and O–H groups in total. The first kappa shape index (κ1) is 19.8. The number of aromatic nitrogens is 1. The maximum Gasteiger partial charge on any atom is 0.265 e. The lowest BCUT2D eigenvalue weighted by molar-refractivity contribution is -0.111. The van der Waals surface area contributed by atoms with Crippen LogP contribution in [0.5, 0.6) is 0 Å². The van der Waals surface area contributed by atoms with Gasteiger partial charge in [0.05, 0.1) is 5.69 Å². The van der Waals surface area contributed by atoms with Gasteiger partial charge in [0.1, 0.15) is 4.88 Å². The number of carbonyl (C=O) groups is 2. The predicted octanol–water partition coefficient (Wildman–Crippen LogP) is 4.10. The number of aryl methyl sites for hydroxylation is 1. The van der Waals surface area contributed by atoms with Gasteiger partial charge in [-0.05, 0) is 29.5 Å². The Balaban J connectivity index is 2.04. The van der Waals surface area contributed by atoms with Gasteiger partial charge < -0.3 is 4.90 Å². The molecule has 1 aromatic carbocycles. The van der Waals surface area contributed by atoms with Gasteiger partial charge in [-0.3, -0.25) is 14.9 Å². The lowest BCUT2D eigenvalue weighted by atomic mass is 9.87. The molecule has 1 heterocycles. The molecule has 6 heteroatoms. The minimum absolute atomic E-state index is 0.101. The van der Waals surface area contributed by atoms with E-state index in [0.29, 0.717) is 15.7 Å². The summed E-state index contributed by atoms with van der Waals surface area (Å²) >= 11 is 1.18. The number of hydrogen-bond donors (Lipinski definition) is 1. The van der Waals surface area contributed by atoms with Crippen molar-refractivity contribution in [1.29, 1.82) is 0 Å². The zero-order valence-electron chi connectivity index (χ0n) is 16.1. The van der Waals surface area contributed by atoms with Crippen LogP contribution in [0.15, 0.2) is 30.3 Å². The maximum absolute atomic E-state index is 12.1. The largest absolute Gasteiger partial charge is 0.344 e. The summed E-state index contributed by atoms with van der Waals surface area (Å²) < 4.78 is 0. The number of thiazole rings is 1. The van der Waals surface area contributed by atoms with Gasteiger partial charge in [0, 0.05) is 20.2 Å². The molecule has 2 rings (SSSR count). The fraction of sp³-hybridized carbons (Fsp3) is 0.350. The summed E-state index contributed by atoms with van der Waals surface area (Å²) in [6.07, 6.45) is 3.23. The first-order valence-electron chi connectivity index (χ1n) is 8.36. The standard InChI is InChI=1S/C20H25N3O2S/c1-13-17(18(25)23(5)6)26-19(21-13)22-16(24)12-9-14-7-10-15(11-8-14)20(2,3)4/h7-12H,1-6H3,(H,21,22,24)/b12-9-. The van der Waals surface area contributed by atoms with Crippen LogP contribution < -0.4 is 5.32 Å². The van der Waals surface area contributed by atoms with Gasteiger partial charge in [0.2, 0.25) is 5.91 Å². The van der Waals surface area contributed by atoms with Crippen molar-refractivity contribution in [3.63, 3.8) is 0 Å². The molecule has 26 heavy (non-hydrogen) atoms. The second-order valence-corrected chi connectivity index (χ2v) is 8.33. The zero-order valence-corrected chi connectivity index (χ0v) is 16.9. The van der Waals surface area contributed by atoms with Crippen molar-refractivity contribution in [2.75, 3.05) is 19.4 Å². The van der Waals surface area contributed by atoms with Gasteiger partial charge in [-0.2, -0.15) is 0 Å². The van der Waals surface area contributed by atoms with Crippen LogP contribution in [0, 0.1) is 6.92 Å². The minimum Gasteiger partial charge on any atom is -0.344 e. The van der Waals surface area contributed by atoms with Crippen molar-refractivity contribution in [3.8, 4) is 0 Å². The first-order valence-corrected chi connectivity index (χ1v) is 9.18. The molecule has 0 aliphatic heterocycles. The molecule has 1 aromatic heterocycles. The molecule has 0 radical (unpaired) electrons. The van der Waals surface area contributed by atoms with Crippen LogP contribution in [-0.2, 0) is 10.2 Å². The van der Waals surface area contributed by atoms with E-state index >= 15 is 0 Å². The summed E-state index contributed by atoms with van der Waals surface area (Å²) in [5.74, 6) is -0.391. The Kier molecular flexibility index (Phi) is 5.97. The van der Waals surface area contributed by atoms with E-state index in [-0.39, 0.29) is 17.2 Å². The lowest BCUT2D eigenvalue weighted by Gasteiger charge is -2.18. The van der Waals surface area contributed by atoms with Crippen molar-refractivity contribution >= 4 is 34.4 Å². The minimum atomic E-state index is -0.275. The van der Waals surface area contributed by atoms with Crippen LogP contribution in [-0.4, -0.2) is 35.8 Å². The van der Waals surface area contributed by atoms with Gasteiger partial charge in [-0.1, -0.05) is 56.4 Å². The Bertz CT molecular complexity index is 828. The summed E-state index contributed by atoms with van der Waals surface area (Å²) in [4.78, 5) is 30.4. The third-order valence-electron chi connectivity index (χ3n) is 3.83. The molecule has 2 amide bonds. The van der Waals surface area contributed by atoms with Gasteiger partial charge in [0.15, 0.2) is 5.13 Å². The Morgan fingerprint density at radius 3 is 2.31 bits per heavy atom. The number of benzene rings is 1. The molecule has 0 fully saturated rings. The first-order chi connectivity index (χ1) is 12.1. The molecule has 0 spiro atoms. The van der Waals surface area contributed by atoms with E-state index in [9.17, 15) is 9.59 Å². The quantitative estimate of drug-likeness (QED) is 0.823. The van der Waals surface area contributed by atoms with Crippen LogP contribution in [0.4, 0.5) is 5.13 Å². The number of nitrogens with zero attached hydrogens (tertiary/aromatic N) is 2. The number of rotatable bonds is 4. The van der Waals surface area contributed by atoms with E-state index in [1.807, 2.05) is 12.1 Å². The predicted molar refractivity (Wildman–Crippen MR) is 108 cm³/mol. The van der Waals surface area contributed by atoms with Crippen LogP contribution in [0.1, 0.15) is 47.3 Å². The fourth-order valence-corrected chi connectivity index (χ4v) is 3.26. The third-order valence-corrected chi connectivity index (χ3v) is 4.89. The molecule has 0 saturated heterocycles. The molecule has 0 aliphatic rings. The molecule has 5 nitrogen and oxygen atoms in total. The second-order valence-electron chi connectivity index (χ2n) is 7.33. The molecular weight excluding hydrogens is 346 g/mol. The molecule has 0 bridgehead atoms. The SMILES string of the molecule is Cc1nc(NC(=O)/C=C\c2ccc(C(C)(C)C)cc2)sc1C(=O)N(C)C. The van der Waals surface area contributed by atoms with Crippen LogP contribution >= 0.6 is 11.3 Å². The average molecular weight is 372 g/mol. The number of nitrogens with one attached hydrogen (secondary N) is 1. The topological polar surface area (TPSA) is 62.3 Å². The van der Waals surface area contributed by atoms with E-state index in [2.05, 4.69) is 43.2 Å². The number of anilines is 1. The summed E-state index contributed by atoms with van der Waals surface area (Å²) in [5.41, 5.74) is 2.91. The smallest absolute Gasteiger partial charge is 0.265 e. The van der Waals surface area contributed by atoms with Gasteiger partial charge in [-0.25, -0.2) is 4.98 Å². The zero-order chi connectivity index (χ0) is 19.5. The highest BCUT2D eigenvalue weighted by molar-refractivity contribution is 7.17. The Morgan fingerprint density at radius 2 is 1.77 bits per heavy atom. The molecule has 138 valence electrons. The average Bonchev–Trinajstić information content (AvgIpc) is 2.91. The Labute approximate surface area is 158 Å². The van der Waals surface area contributed by atoms with E-state index < -0.39 is 0 Å². The summed E-state index contributed by atoms with van der Waals surface area (Å²) in [7, 11) is 3.38. The lowest BCUT2D eigenvalue weighted by Crippen LogP contribution is -2.21. The number of hydrogen-bond acceptors (Lipinski definition) is 4. The highest BCUT2D eigenvalue weighted by Gasteiger charge is 2.17. The highest BCUT2D eigenvalue weighted by atomic mass is 32.1. The highest BCUT2D eigenvalue weighted by Crippen LogP contribution is 2.24. The van der Waals surface area contributed by atoms with Crippen molar-refractivity contribution in [1.82, 2.24) is 9.88 Å². The summed E-state index contributed by atoms with van der Waals surface area (Å²) in [6.45, 7) is 8.25. The number of carbonyl (C=O) groups excluding carboxylic acids is 2. The molecule has 2 aromatic rings. The van der Waals surface area contributed by atoms with Crippen LogP contribution in [0.2, 0.25) is 0 Å². The van der Waals surface area contributed by atoms with Crippen molar-refractivity contribution < 1.29 is 9.59 Å². The molecular formula is C20H25N3O2S. The number of amides is 2. The Morgan fingerprint density at radius 1 is 1.15 bits per heavy atom. The van der Waals surface area contributed by atoms with Crippen molar-refractivity contribution in [2.24, 2.45) is 0 Å². The summed E-state index contributed by atoms with van der Waals surface area (Å²) in [6, 6.07) is 8.12. The second kappa shape index (κ2) is 7.83. The monoisotopic (exact) mass is 371 g/mol. The van der Waals surface area contributed by atoms with Gasteiger partial charge in [0.25, 0.3) is 5.91 Å². The molecule has 0 aliphatic carbocycles. The summed E-state index contributed by atoms with van der Waals surface area (Å²) in [5, 5.41) is 3.14. The molecule has 0 saturated carbocycles. The van der Waals surface area contributed by atoms with E-state index in [0.717, 1.165) is 5.56 Å².